The molecule has 1 aliphatic rings. The van der Waals surface area contributed by atoms with Crippen LogP contribution in [0.1, 0.15) is 0 Å². The molecule has 3 heteroatoms. The fourth-order valence-corrected chi connectivity index (χ4v) is 8.54. The van der Waals surface area contributed by atoms with E-state index in [2.05, 4.69) is 126 Å². The second-order valence-corrected chi connectivity index (χ2v) is 10.8. The zero-order valence-corrected chi connectivity index (χ0v) is 17.6. The summed E-state index contributed by atoms with van der Waals surface area (Å²) in [4.78, 5) is 0. The molecule has 0 atom stereocenters. The minimum Gasteiger partial charge on any atom is -0.261 e. The second kappa shape index (κ2) is 8.18. The summed E-state index contributed by atoms with van der Waals surface area (Å²) in [6.45, 7) is -1.24. The number of rotatable bonds is 4. The fraction of sp³-hybridized carbons (Fsp3) is 0.0370. The quantitative estimate of drug-likeness (QED) is 0.450. The number of hydrogen-bond donors (Lipinski definition) is 0. The maximum absolute atomic E-state index is 4.83. The van der Waals surface area contributed by atoms with Crippen LogP contribution in [0.2, 0.25) is 0 Å². The SMILES string of the molecule is C1=NN(c2ccccc2)CC1=P(c1ccccc1)(c1ccccc1)c1ccccc1. The highest BCUT2D eigenvalue weighted by molar-refractivity contribution is 7.96. The summed E-state index contributed by atoms with van der Waals surface area (Å²) >= 11 is 0. The Bertz CT molecular complexity index is 1100. The van der Waals surface area contributed by atoms with Crippen LogP contribution in [0.4, 0.5) is 5.69 Å². The Morgan fingerprint density at radius 2 is 0.933 bits per heavy atom. The van der Waals surface area contributed by atoms with E-state index in [1.807, 2.05) is 6.07 Å². The average Bonchev–Trinajstić information content (AvgIpc) is 3.33. The lowest BCUT2D eigenvalue weighted by molar-refractivity contribution is 1.00. The Balaban J connectivity index is 1.82. The molecule has 0 spiro atoms. The maximum atomic E-state index is 4.83. The van der Waals surface area contributed by atoms with Crippen molar-refractivity contribution < 1.29 is 0 Å². The monoisotopic (exact) mass is 406 g/mol. The predicted octanol–water partition coefficient (Wildman–Crippen LogP) is 4.66. The number of hydrazone groups is 1. The summed E-state index contributed by atoms with van der Waals surface area (Å²) in [5.41, 5.74) is 1.12. The highest BCUT2D eigenvalue weighted by atomic mass is 31.2. The molecule has 0 aromatic heterocycles. The molecule has 4 aromatic carbocycles. The summed E-state index contributed by atoms with van der Waals surface area (Å²) in [7, 11) is 0. The lowest BCUT2D eigenvalue weighted by Gasteiger charge is -2.31. The van der Waals surface area contributed by atoms with Gasteiger partial charge in [0.25, 0.3) is 0 Å². The van der Waals surface area contributed by atoms with Crippen LogP contribution in [-0.4, -0.2) is 18.1 Å². The number of anilines is 1. The Hall–Kier alpha value is -3.35. The van der Waals surface area contributed by atoms with Crippen molar-refractivity contribution in [2.75, 3.05) is 11.6 Å². The van der Waals surface area contributed by atoms with E-state index in [4.69, 9.17) is 5.10 Å². The standard InChI is InChI=1S/C27H23N2P/c1-5-13-23(14-6-1)29-22-27(21-28-29)30(24-15-7-2-8-16-24,25-17-9-3-10-18-25)26-19-11-4-12-20-26/h1-21H,22H2. The van der Waals surface area contributed by atoms with Crippen LogP contribution in [0, 0.1) is 0 Å². The van der Waals surface area contributed by atoms with Crippen molar-refractivity contribution in [3.8, 4) is 0 Å². The fourth-order valence-electron chi connectivity index (χ4n) is 4.22. The first-order valence-electron chi connectivity index (χ1n) is 10.2. The minimum absolute atomic E-state index is 0.788. The molecule has 0 amide bonds. The molecule has 30 heavy (non-hydrogen) atoms. The first kappa shape index (κ1) is 18.7. The summed E-state index contributed by atoms with van der Waals surface area (Å²) < 4.78 is 0. The van der Waals surface area contributed by atoms with Crippen LogP contribution in [-0.2, 0) is 0 Å². The van der Waals surface area contributed by atoms with Crippen molar-refractivity contribution in [1.29, 1.82) is 0 Å². The van der Waals surface area contributed by atoms with Gasteiger partial charge in [-0.15, -0.1) is 0 Å². The van der Waals surface area contributed by atoms with Crippen LogP contribution in [0.15, 0.2) is 126 Å². The van der Waals surface area contributed by atoms with Gasteiger partial charge in [-0.2, -0.15) is 5.10 Å². The van der Waals surface area contributed by atoms with Crippen molar-refractivity contribution in [2.45, 2.75) is 0 Å². The van der Waals surface area contributed by atoms with Crippen LogP contribution in [0.3, 0.4) is 0 Å². The molecule has 0 saturated heterocycles. The smallest absolute Gasteiger partial charge is 0.0692 e. The van der Waals surface area contributed by atoms with Gasteiger partial charge in [0.05, 0.1) is 18.4 Å². The lowest BCUT2D eigenvalue weighted by Crippen LogP contribution is -2.32. The van der Waals surface area contributed by atoms with Crippen molar-refractivity contribution in [1.82, 2.24) is 0 Å². The molecule has 0 saturated carbocycles. The van der Waals surface area contributed by atoms with Crippen LogP contribution >= 0.6 is 6.89 Å². The number of hydrogen-bond acceptors (Lipinski definition) is 2. The largest absolute Gasteiger partial charge is 0.261 e. The van der Waals surface area contributed by atoms with Gasteiger partial charge in [0, 0.05) is 5.29 Å². The molecular formula is C27H23N2P. The van der Waals surface area contributed by atoms with Crippen molar-refractivity contribution in [3.63, 3.8) is 0 Å². The minimum atomic E-state index is -2.03. The zero-order valence-electron chi connectivity index (χ0n) is 16.7. The highest BCUT2D eigenvalue weighted by Crippen LogP contribution is 2.46. The molecule has 5 rings (SSSR count). The molecule has 0 radical (unpaired) electrons. The highest BCUT2D eigenvalue weighted by Gasteiger charge is 2.31. The Morgan fingerprint density at radius 1 is 0.533 bits per heavy atom. The van der Waals surface area contributed by atoms with E-state index in [-0.39, 0.29) is 0 Å². The topological polar surface area (TPSA) is 15.6 Å². The third kappa shape index (κ3) is 3.20. The maximum Gasteiger partial charge on any atom is 0.0692 e. The van der Waals surface area contributed by atoms with E-state index < -0.39 is 6.89 Å². The van der Waals surface area contributed by atoms with Gasteiger partial charge in [-0.1, -0.05) is 109 Å². The Labute approximate surface area is 178 Å². The van der Waals surface area contributed by atoms with E-state index >= 15 is 0 Å². The van der Waals surface area contributed by atoms with Crippen LogP contribution in [0.5, 0.6) is 0 Å². The lowest BCUT2D eigenvalue weighted by atomic mass is 10.3. The van der Waals surface area contributed by atoms with Crippen molar-refractivity contribution >= 4 is 40.0 Å². The van der Waals surface area contributed by atoms with Gasteiger partial charge in [-0.05, 0) is 34.9 Å². The third-order valence-electron chi connectivity index (χ3n) is 5.57. The molecule has 146 valence electrons. The molecule has 0 N–H and O–H groups in total. The van der Waals surface area contributed by atoms with Gasteiger partial charge in [0.15, 0.2) is 0 Å². The van der Waals surface area contributed by atoms with E-state index in [0.717, 1.165) is 12.2 Å². The molecule has 0 fully saturated rings. The van der Waals surface area contributed by atoms with Crippen molar-refractivity contribution in [3.05, 3.63) is 121 Å². The first-order valence-corrected chi connectivity index (χ1v) is 12.0. The molecule has 2 nitrogen and oxygen atoms in total. The van der Waals surface area contributed by atoms with E-state index in [1.165, 1.54) is 21.2 Å². The number of nitrogens with zero attached hydrogens (tertiary/aromatic N) is 2. The normalized spacial score (nSPS) is 13.6. The van der Waals surface area contributed by atoms with Crippen LogP contribution in [0.25, 0.3) is 0 Å². The summed E-state index contributed by atoms with van der Waals surface area (Å²) in [6, 6.07) is 43.3. The van der Waals surface area contributed by atoms with Gasteiger partial charge in [0.2, 0.25) is 0 Å². The van der Waals surface area contributed by atoms with E-state index in [9.17, 15) is 0 Å². The van der Waals surface area contributed by atoms with E-state index in [1.54, 1.807) is 0 Å². The van der Waals surface area contributed by atoms with Gasteiger partial charge in [-0.3, -0.25) is 5.01 Å². The molecule has 1 aliphatic heterocycles. The zero-order chi connectivity index (χ0) is 20.2. The summed E-state index contributed by atoms with van der Waals surface area (Å²) in [6.07, 6.45) is 2.10. The molecular weight excluding hydrogens is 383 g/mol. The van der Waals surface area contributed by atoms with Gasteiger partial charge < -0.3 is 0 Å². The average molecular weight is 406 g/mol. The molecule has 0 unspecified atom stereocenters. The second-order valence-electron chi connectivity index (χ2n) is 7.31. The summed E-state index contributed by atoms with van der Waals surface area (Å²) in [5, 5.41) is 12.4. The third-order valence-corrected chi connectivity index (χ3v) is 9.91. The summed E-state index contributed by atoms with van der Waals surface area (Å²) in [5.74, 6) is 0. The Kier molecular flexibility index (Phi) is 5.09. The first-order chi connectivity index (χ1) is 14.9. The number of para-hydroxylation sites is 1. The molecule has 0 aliphatic carbocycles. The molecule has 1 heterocycles. The van der Waals surface area contributed by atoms with Gasteiger partial charge in [0.1, 0.15) is 0 Å². The Morgan fingerprint density at radius 3 is 1.37 bits per heavy atom. The van der Waals surface area contributed by atoms with Gasteiger partial charge in [-0.25, -0.2) is 0 Å². The van der Waals surface area contributed by atoms with Gasteiger partial charge >= 0.3 is 0 Å². The van der Waals surface area contributed by atoms with E-state index in [0.29, 0.717) is 0 Å². The molecule has 4 aromatic rings. The predicted molar refractivity (Wildman–Crippen MR) is 132 cm³/mol. The van der Waals surface area contributed by atoms with Crippen molar-refractivity contribution in [2.24, 2.45) is 5.10 Å². The van der Waals surface area contributed by atoms with Crippen LogP contribution < -0.4 is 20.9 Å². The molecule has 0 bridgehead atoms. The number of benzene rings is 4.